The van der Waals surface area contributed by atoms with Crippen LogP contribution in [0.15, 0.2) is 11.6 Å². The molecule has 4 unspecified atom stereocenters. The van der Waals surface area contributed by atoms with Gasteiger partial charge in [0.1, 0.15) is 6.10 Å². The Morgan fingerprint density at radius 3 is 2.53 bits per heavy atom. The summed E-state index contributed by atoms with van der Waals surface area (Å²) in [6.45, 7) is 7.85. The van der Waals surface area contributed by atoms with Crippen LogP contribution in [0, 0.1) is 40.4 Å². The molecule has 0 aliphatic heterocycles. The van der Waals surface area contributed by atoms with E-state index in [9.17, 15) is 14.4 Å². The first-order chi connectivity index (χ1) is 14.1. The SMILES string of the molecule is COC(=O)C(C)C1CCC2C3CC[C@@H]4C[C@H](OC(C)=O)CC[C@]4(C)C3=CC(=O)[C@]12C. The summed E-state index contributed by atoms with van der Waals surface area (Å²) in [5.41, 5.74) is 0.890. The summed E-state index contributed by atoms with van der Waals surface area (Å²) in [6, 6.07) is 0. The molecule has 3 saturated carbocycles. The van der Waals surface area contributed by atoms with E-state index >= 15 is 0 Å². The number of hydrogen-bond donors (Lipinski definition) is 0. The number of allylic oxidation sites excluding steroid dienone is 2. The molecule has 0 radical (unpaired) electrons. The molecule has 4 aliphatic rings. The molecule has 4 aliphatic carbocycles. The Hall–Kier alpha value is -1.65. The van der Waals surface area contributed by atoms with Gasteiger partial charge in [0.2, 0.25) is 0 Å². The van der Waals surface area contributed by atoms with Gasteiger partial charge in [-0.3, -0.25) is 14.4 Å². The van der Waals surface area contributed by atoms with Crippen LogP contribution in [0.4, 0.5) is 0 Å². The van der Waals surface area contributed by atoms with Gasteiger partial charge in [-0.2, -0.15) is 0 Å². The molecule has 0 aromatic rings. The molecule has 0 amide bonds. The van der Waals surface area contributed by atoms with Crippen molar-refractivity contribution in [2.45, 2.75) is 78.7 Å². The van der Waals surface area contributed by atoms with Gasteiger partial charge in [-0.05, 0) is 80.1 Å². The highest BCUT2D eigenvalue weighted by atomic mass is 16.5. The van der Waals surface area contributed by atoms with E-state index in [0.717, 1.165) is 44.9 Å². The van der Waals surface area contributed by atoms with Crippen molar-refractivity contribution in [1.29, 1.82) is 0 Å². The summed E-state index contributed by atoms with van der Waals surface area (Å²) in [4.78, 5) is 37.3. The van der Waals surface area contributed by atoms with Gasteiger partial charge in [0.25, 0.3) is 0 Å². The van der Waals surface area contributed by atoms with Crippen molar-refractivity contribution in [3.63, 3.8) is 0 Å². The summed E-state index contributed by atoms with van der Waals surface area (Å²) in [7, 11) is 1.43. The van der Waals surface area contributed by atoms with Gasteiger partial charge in [-0.25, -0.2) is 0 Å². The number of hydrogen-bond acceptors (Lipinski definition) is 5. The van der Waals surface area contributed by atoms with Crippen LogP contribution in [0.25, 0.3) is 0 Å². The number of ether oxygens (including phenoxy) is 2. The number of carbonyl (C=O) groups is 3. The van der Waals surface area contributed by atoms with Crippen LogP contribution in [-0.2, 0) is 23.9 Å². The van der Waals surface area contributed by atoms with Gasteiger partial charge < -0.3 is 9.47 Å². The smallest absolute Gasteiger partial charge is 0.308 e. The third-order valence-corrected chi connectivity index (χ3v) is 9.46. The standard InChI is InChI=1S/C25H36O5/c1-14(23(28)29-5)19-8-9-20-18-7-6-16-12-17(30-15(2)26)10-11-24(16,3)21(18)13-22(27)25(19,20)4/h13-14,16-20H,6-12H2,1-5H3/t14?,16-,17-,18?,19?,20?,24+,25-/m1/s1. The van der Waals surface area contributed by atoms with Crippen LogP contribution in [0.1, 0.15) is 72.6 Å². The third kappa shape index (κ3) is 3.06. The Kier molecular flexibility index (Phi) is 5.39. The first-order valence-electron chi connectivity index (χ1n) is 11.6. The van der Waals surface area contributed by atoms with Crippen molar-refractivity contribution in [2.24, 2.45) is 40.4 Å². The largest absolute Gasteiger partial charge is 0.469 e. The lowest BCUT2D eigenvalue weighted by molar-refractivity contribution is -0.151. The summed E-state index contributed by atoms with van der Waals surface area (Å²) in [5, 5.41) is 0. The zero-order chi connectivity index (χ0) is 21.8. The predicted octanol–water partition coefficient (Wildman–Crippen LogP) is 4.49. The minimum absolute atomic E-state index is 0.0130. The van der Waals surface area contributed by atoms with Crippen molar-refractivity contribution < 1.29 is 23.9 Å². The molecule has 3 fully saturated rings. The molecule has 0 saturated heterocycles. The van der Waals surface area contributed by atoms with E-state index in [2.05, 4.69) is 13.8 Å². The average molecular weight is 417 g/mol. The quantitative estimate of drug-likeness (QED) is 0.634. The van der Waals surface area contributed by atoms with Gasteiger partial charge in [0, 0.05) is 12.3 Å². The number of methoxy groups -OCH3 is 1. The molecular formula is C25H36O5. The maximum Gasteiger partial charge on any atom is 0.308 e. The molecule has 0 spiro atoms. The van der Waals surface area contributed by atoms with Crippen molar-refractivity contribution in [2.75, 3.05) is 7.11 Å². The van der Waals surface area contributed by atoms with Crippen molar-refractivity contribution in [1.82, 2.24) is 0 Å². The van der Waals surface area contributed by atoms with Crippen LogP contribution >= 0.6 is 0 Å². The number of rotatable bonds is 3. The molecule has 30 heavy (non-hydrogen) atoms. The number of fused-ring (bicyclic) bond motifs is 5. The lowest BCUT2D eigenvalue weighted by atomic mass is 9.48. The summed E-state index contributed by atoms with van der Waals surface area (Å²) < 4.78 is 10.5. The minimum Gasteiger partial charge on any atom is -0.469 e. The van der Waals surface area contributed by atoms with Gasteiger partial charge in [0.05, 0.1) is 13.0 Å². The molecule has 5 nitrogen and oxygen atoms in total. The number of esters is 2. The topological polar surface area (TPSA) is 69.7 Å². The first kappa shape index (κ1) is 21.6. The lowest BCUT2D eigenvalue weighted by Gasteiger charge is -2.56. The van der Waals surface area contributed by atoms with Crippen LogP contribution < -0.4 is 0 Å². The minimum atomic E-state index is -0.472. The summed E-state index contributed by atoms with van der Waals surface area (Å²) in [5.74, 6) is 0.795. The molecule has 5 heteroatoms. The highest BCUT2D eigenvalue weighted by Crippen LogP contribution is 2.65. The Bertz CT molecular complexity index is 784. The Morgan fingerprint density at radius 2 is 1.87 bits per heavy atom. The van der Waals surface area contributed by atoms with Gasteiger partial charge >= 0.3 is 11.9 Å². The van der Waals surface area contributed by atoms with Gasteiger partial charge in [-0.15, -0.1) is 0 Å². The van der Waals surface area contributed by atoms with E-state index in [-0.39, 0.29) is 41.1 Å². The molecule has 166 valence electrons. The van der Waals surface area contributed by atoms with Crippen molar-refractivity contribution >= 4 is 17.7 Å². The normalized spacial score (nSPS) is 43.6. The van der Waals surface area contributed by atoms with Crippen LogP contribution in [-0.4, -0.2) is 30.9 Å². The number of carbonyl (C=O) groups excluding carboxylic acids is 3. The average Bonchev–Trinajstić information content (AvgIpc) is 3.06. The molecule has 0 aromatic heterocycles. The zero-order valence-electron chi connectivity index (χ0n) is 19.0. The second kappa shape index (κ2) is 7.49. The molecule has 4 rings (SSSR count). The molecule has 8 atom stereocenters. The monoisotopic (exact) mass is 416 g/mol. The summed E-state index contributed by atoms with van der Waals surface area (Å²) in [6.07, 6.45) is 8.85. The van der Waals surface area contributed by atoms with Gasteiger partial charge in [0.15, 0.2) is 5.78 Å². The third-order valence-electron chi connectivity index (χ3n) is 9.46. The molecule has 0 N–H and O–H groups in total. The Balaban J connectivity index is 1.63. The molecule has 0 heterocycles. The van der Waals surface area contributed by atoms with Crippen LogP contribution in [0.2, 0.25) is 0 Å². The van der Waals surface area contributed by atoms with E-state index in [0.29, 0.717) is 17.8 Å². The van der Waals surface area contributed by atoms with Crippen LogP contribution in [0.5, 0.6) is 0 Å². The van der Waals surface area contributed by atoms with E-state index in [1.165, 1.54) is 19.6 Å². The predicted molar refractivity (Wildman–Crippen MR) is 112 cm³/mol. The molecule has 0 bridgehead atoms. The highest BCUT2D eigenvalue weighted by Gasteiger charge is 2.61. The maximum atomic E-state index is 13.6. The van der Waals surface area contributed by atoms with E-state index < -0.39 is 5.41 Å². The fourth-order valence-electron chi connectivity index (χ4n) is 7.80. The fraction of sp³-hybridized carbons (Fsp3) is 0.800. The Morgan fingerprint density at radius 1 is 1.13 bits per heavy atom. The highest BCUT2D eigenvalue weighted by molar-refractivity contribution is 5.98. The van der Waals surface area contributed by atoms with Crippen molar-refractivity contribution in [3.05, 3.63) is 11.6 Å². The van der Waals surface area contributed by atoms with E-state index in [4.69, 9.17) is 9.47 Å². The molecular weight excluding hydrogens is 380 g/mol. The fourth-order valence-corrected chi connectivity index (χ4v) is 7.80. The van der Waals surface area contributed by atoms with Crippen LogP contribution in [0.3, 0.4) is 0 Å². The zero-order valence-corrected chi connectivity index (χ0v) is 19.0. The second-order valence-corrected chi connectivity index (χ2v) is 10.7. The Labute approximate surface area is 179 Å². The first-order valence-corrected chi connectivity index (χ1v) is 11.6. The number of ketones is 1. The lowest BCUT2D eigenvalue weighted by Crippen LogP contribution is -2.52. The van der Waals surface area contributed by atoms with Crippen molar-refractivity contribution in [3.8, 4) is 0 Å². The van der Waals surface area contributed by atoms with E-state index in [1.807, 2.05) is 13.0 Å². The molecule has 0 aromatic carbocycles. The second-order valence-electron chi connectivity index (χ2n) is 10.7. The van der Waals surface area contributed by atoms with E-state index in [1.54, 1.807) is 0 Å². The van der Waals surface area contributed by atoms with Gasteiger partial charge in [-0.1, -0.05) is 26.3 Å². The maximum absolute atomic E-state index is 13.6. The summed E-state index contributed by atoms with van der Waals surface area (Å²) >= 11 is 0.